The second kappa shape index (κ2) is 8.47. The number of hydrogen-bond acceptors (Lipinski definition) is 4. The van der Waals surface area contributed by atoms with Crippen LogP contribution in [0.5, 0.6) is 0 Å². The number of aryl methyl sites for hydroxylation is 2. The summed E-state index contributed by atoms with van der Waals surface area (Å²) in [5, 5.41) is 2.83. The quantitative estimate of drug-likeness (QED) is 0.446. The average molecular weight is 449 g/mol. The number of para-hydroxylation sites is 2. The summed E-state index contributed by atoms with van der Waals surface area (Å²) in [5.74, 6) is 0.0911. The first-order valence-corrected chi connectivity index (χ1v) is 11.7. The average Bonchev–Trinajstić information content (AvgIpc) is 3.13. The van der Waals surface area contributed by atoms with E-state index in [0.29, 0.717) is 23.7 Å². The summed E-state index contributed by atoms with van der Waals surface area (Å²) >= 11 is 0. The van der Waals surface area contributed by atoms with Gasteiger partial charge in [-0.15, -0.1) is 0 Å². The van der Waals surface area contributed by atoms with E-state index >= 15 is 0 Å². The Morgan fingerprint density at radius 3 is 2.41 bits per heavy atom. The number of fused-ring (bicyclic) bond motifs is 1. The van der Waals surface area contributed by atoms with Crippen molar-refractivity contribution < 1.29 is 13.2 Å². The van der Waals surface area contributed by atoms with E-state index in [4.69, 9.17) is 0 Å². The van der Waals surface area contributed by atoms with Crippen molar-refractivity contribution in [2.45, 2.75) is 32.2 Å². The number of sulfonamides is 1. The number of imidazole rings is 1. The van der Waals surface area contributed by atoms with Gasteiger partial charge < -0.3 is 4.57 Å². The molecule has 4 aromatic rings. The molecule has 0 fully saturated rings. The Hall–Kier alpha value is -3.65. The molecule has 0 aliphatic carbocycles. The highest BCUT2D eigenvalue weighted by molar-refractivity contribution is 7.92. The van der Waals surface area contributed by atoms with E-state index < -0.39 is 10.0 Å². The first kappa shape index (κ1) is 21.6. The van der Waals surface area contributed by atoms with Crippen molar-refractivity contribution in [2.24, 2.45) is 0 Å². The summed E-state index contributed by atoms with van der Waals surface area (Å²) in [6.07, 6.45) is 0. The lowest BCUT2D eigenvalue weighted by Gasteiger charge is -2.12. The molecular formula is C24H24N4O3S. The van der Waals surface area contributed by atoms with E-state index in [1.807, 2.05) is 55.7 Å². The fraction of sp³-hybridized carbons (Fsp3) is 0.167. The molecule has 1 aromatic heterocycles. The Labute approximate surface area is 187 Å². The molecule has 7 nitrogen and oxygen atoms in total. The van der Waals surface area contributed by atoms with Gasteiger partial charge in [0.05, 0.1) is 21.6 Å². The number of hydrogen-bond donors (Lipinski definition) is 2. The number of rotatable bonds is 6. The number of benzene rings is 3. The number of carbonyl (C=O) groups is 1. The fourth-order valence-corrected chi connectivity index (χ4v) is 4.64. The third-order valence-electron chi connectivity index (χ3n) is 5.47. The predicted octanol–water partition coefficient (Wildman–Crippen LogP) is 4.73. The van der Waals surface area contributed by atoms with E-state index in [-0.39, 0.29) is 10.8 Å². The second-order valence-electron chi connectivity index (χ2n) is 7.50. The van der Waals surface area contributed by atoms with Gasteiger partial charge in [-0.1, -0.05) is 24.3 Å². The third kappa shape index (κ3) is 4.09. The minimum atomic E-state index is -3.78. The largest absolute Gasteiger partial charge is 0.310 e. The zero-order chi connectivity index (χ0) is 22.9. The smallest absolute Gasteiger partial charge is 0.261 e. The standard InChI is InChI=1S/C24H24N4O3S/c1-4-28-22-11-6-5-9-21(22)25-24(28)26-23(29)18-12-14-19(15-13-18)32(30,31)27-20-10-7-8-16(2)17(20)3/h5-15,27H,4H2,1-3H3,(H,25,26,29). The molecule has 164 valence electrons. The number of carbonyl (C=O) groups excluding carboxylic acids is 1. The minimum absolute atomic E-state index is 0.0794. The van der Waals surface area contributed by atoms with Crippen LogP contribution in [0.3, 0.4) is 0 Å². The van der Waals surface area contributed by atoms with Crippen molar-refractivity contribution >= 4 is 38.6 Å². The first-order chi connectivity index (χ1) is 15.3. The highest BCUT2D eigenvalue weighted by atomic mass is 32.2. The number of amides is 1. The van der Waals surface area contributed by atoms with Gasteiger partial charge in [-0.3, -0.25) is 14.8 Å². The van der Waals surface area contributed by atoms with Gasteiger partial charge in [0.2, 0.25) is 5.95 Å². The van der Waals surface area contributed by atoms with E-state index in [9.17, 15) is 13.2 Å². The van der Waals surface area contributed by atoms with Crippen molar-refractivity contribution in [3.8, 4) is 0 Å². The van der Waals surface area contributed by atoms with Crippen LogP contribution in [0.15, 0.2) is 71.6 Å². The van der Waals surface area contributed by atoms with Crippen LogP contribution < -0.4 is 10.0 Å². The molecule has 4 rings (SSSR count). The molecule has 0 unspecified atom stereocenters. The van der Waals surface area contributed by atoms with Gasteiger partial charge in [-0.05, 0) is 74.4 Å². The maximum atomic E-state index is 12.8. The van der Waals surface area contributed by atoms with Crippen LogP contribution in [0.4, 0.5) is 11.6 Å². The van der Waals surface area contributed by atoms with Gasteiger partial charge in [0.1, 0.15) is 0 Å². The van der Waals surface area contributed by atoms with Gasteiger partial charge in [0, 0.05) is 12.1 Å². The zero-order valence-corrected chi connectivity index (χ0v) is 18.9. The van der Waals surface area contributed by atoms with Crippen LogP contribution in [0, 0.1) is 13.8 Å². The van der Waals surface area contributed by atoms with Gasteiger partial charge in [0.25, 0.3) is 15.9 Å². The topological polar surface area (TPSA) is 93.1 Å². The SMILES string of the molecule is CCn1c(NC(=O)c2ccc(S(=O)(=O)Nc3cccc(C)c3C)cc2)nc2ccccc21. The molecular weight excluding hydrogens is 424 g/mol. The lowest BCUT2D eigenvalue weighted by atomic mass is 10.1. The third-order valence-corrected chi connectivity index (χ3v) is 6.85. The fourth-order valence-electron chi connectivity index (χ4n) is 3.52. The Balaban J connectivity index is 1.54. The van der Waals surface area contributed by atoms with Gasteiger partial charge in [0.15, 0.2) is 0 Å². The molecule has 8 heteroatoms. The normalized spacial score (nSPS) is 11.5. The predicted molar refractivity (Wildman–Crippen MR) is 127 cm³/mol. The van der Waals surface area contributed by atoms with Gasteiger partial charge in [-0.25, -0.2) is 13.4 Å². The summed E-state index contributed by atoms with van der Waals surface area (Å²) in [7, 11) is -3.78. The van der Waals surface area contributed by atoms with Crippen LogP contribution >= 0.6 is 0 Å². The van der Waals surface area contributed by atoms with E-state index in [1.165, 1.54) is 24.3 Å². The lowest BCUT2D eigenvalue weighted by molar-refractivity contribution is 0.102. The molecule has 3 aromatic carbocycles. The first-order valence-electron chi connectivity index (χ1n) is 10.3. The summed E-state index contributed by atoms with van der Waals surface area (Å²) in [5.41, 5.74) is 4.46. The molecule has 2 N–H and O–H groups in total. The monoisotopic (exact) mass is 448 g/mol. The van der Waals surface area contributed by atoms with Crippen LogP contribution in [-0.4, -0.2) is 23.9 Å². The van der Waals surface area contributed by atoms with Gasteiger partial charge in [-0.2, -0.15) is 0 Å². The molecule has 32 heavy (non-hydrogen) atoms. The summed E-state index contributed by atoms with van der Waals surface area (Å²) < 4.78 is 30.1. The second-order valence-corrected chi connectivity index (χ2v) is 9.18. The highest BCUT2D eigenvalue weighted by Crippen LogP contribution is 2.23. The van der Waals surface area contributed by atoms with Crippen LogP contribution in [0.1, 0.15) is 28.4 Å². The van der Waals surface area contributed by atoms with E-state index in [0.717, 1.165) is 22.2 Å². The van der Waals surface area contributed by atoms with Crippen molar-refractivity contribution in [2.75, 3.05) is 10.0 Å². The lowest BCUT2D eigenvalue weighted by Crippen LogP contribution is -2.17. The van der Waals surface area contributed by atoms with Crippen LogP contribution in [-0.2, 0) is 16.6 Å². The Morgan fingerprint density at radius 2 is 1.69 bits per heavy atom. The van der Waals surface area contributed by atoms with Crippen molar-refractivity contribution in [3.05, 3.63) is 83.4 Å². The molecule has 0 bridgehead atoms. The summed E-state index contributed by atoms with van der Waals surface area (Å²) in [6.45, 7) is 6.42. The molecule has 1 heterocycles. The van der Waals surface area contributed by atoms with E-state index in [1.54, 1.807) is 12.1 Å². The number of nitrogens with one attached hydrogen (secondary N) is 2. The van der Waals surface area contributed by atoms with Crippen molar-refractivity contribution in [1.82, 2.24) is 9.55 Å². The summed E-state index contributed by atoms with van der Waals surface area (Å²) in [6, 6.07) is 18.9. The molecule has 0 aliphatic heterocycles. The minimum Gasteiger partial charge on any atom is -0.310 e. The van der Waals surface area contributed by atoms with E-state index in [2.05, 4.69) is 15.0 Å². The maximum absolute atomic E-state index is 12.8. The molecule has 0 radical (unpaired) electrons. The molecule has 0 spiro atoms. The Bertz CT molecular complexity index is 1410. The van der Waals surface area contributed by atoms with Gasteiger partial charge >= 0.3 is 0 Å². The zero-order valence-electron chi connectivity index (χ0n) is 18.1. The number of aromatic nitrogens is 2. The molecule has 0 atom stereocenters. The Kier molecular flexibility index (Phi) is 5.71. The molecule has 1 amide bonds. The summed E-state index contributed by atoms with van der Waals surface area (Å²) in [4.78, 5) is 17.3. The van der Waals surface area contributed by atoms with Crippen molar-refractivity contribution in [1.29, 1.82) is 0 Å². The maximum Gasteiger partial charge on any atom is 0.261 e. The van der Waals surface area contributed by atoms with Crippen molar-refractivity contribution in [3.63, 3.8) is 0 Å². The number of nitrogens with zero attached hydrogens (tertiary/aromatic N) is 2. The highest BCUT2D eigenvalue weighted by Gasteiger charge is 2.18. The molecule has 0 saturated heterocycles. The molecule has 0 aliphatic rings. The number of anilines is 2. The molecule has 0 saturated carbocycles. The Morgan fingerprint density at radius 1 is 0.969 bits per heavy atom. The van der Waals surface area contributed by atoms with Crippen LogP contribution in [0.25, 0.3) is 11.0 Å². The van der Waals surface area contributed by atoms with Crippen LogP contribution in [0.2, 0.25) is 0 Å².